The molecule has 0 saturated heterocycles. The molecular weight excluding hydrogens is 278 g/mol. The molecule has 0 amide bonds. The van der Waals surface area contributed by atoms with Gasteiger partial charge >= 0.3 is 0 Å². The van der Waals surface area contributed by atoms with Crippen LogP contribution in [0.1, 0.15) is 30.1 Å². The first-order valence-electron chi connectivity index (χ1n) is 7.46. The first-order chi connectivity index (χ1) is 10.0. The van der Waals surface area contributed by atoms with Crippen molar-refractivity contribution in [2.24, 2.45) is 5.92 Å². The van der Waals surface area contributed by atoms with Gasteiger partial charge in [-0.15, -0.1) is 11.3 Å². The highest BCUT2D eigenvalue weighted by Gasteiger charge is 2.06. The minimum absolute atomic E-state index is 0.678. The molecule has 0 saturated carbocycles. The first-order valence-corrected chi connectivity index (χ1v) is 8.34. The Hall–Kier alpha value is -1.39. The lowest BCUT2D eigenvalue weighted by Crippen LogP contribution is -2.19. The van der Waals surface area contributed by atoms with Crippen molar-refractivity contribution in [1.29, 1.82) is 0 Å². The van der Waals surface area contributed by atoms with Crippen LogP contribution in [0.5, 0.6) is 0 Å². The Bertz CT molecular complexity index is 563. The second kappa shape index (κ2) is 7.57. The molecule has 2 rings (SSSR count). The summed E-state index contributed by atoms with van der Waals surface area (Å²) in [6, 6.07) is 8.57. The summed E-state index contributed by atoms with van der Waals surface area (Å²) in [6.45, 7) is 9.33. The Labute approximate surface area is 132 Å². The fourth-order valence-corrected chi connectivity index (χ4v) is 2.92. The van der Waals surface area contributed by atoms with Gasteiger partial charge in [-0.05, 0) is 37.1 Å². The molecule has 3 nitrogen and oxygen atoms in total. The van der Waals surface area contributed by atoms with Gasteiger partial charge in [-0.25, -0.2) is 4.98 Å². The predicted octanol–water partition coefficient (Wildman–Crippen LogP) is 3.83. The molecule has 0 aliphatic carbocycles. The third-order valence-corrected chi connectivity index (χ3v) is 4.17. The van der Waals surface area contributed by atoms with Crippen molar-refractivity contribution in [3.05, 3.63) is 45.9 Å². The van der Waals surface area contributed by atoms with Gasteiger partial charge in [-0.2, -0.15) is 0 Å². The van der Waals surface area contributed by atoms with Crippen LogP contribution in [0.4, 0.5) is 5.69 Å². The van der Waals surface area contributed by atoms with Gasteiger partial charge in [0.25, 0.3) is 0 Å². The van der Waals surface area contributed by atoms with Crippen LogP contribution in [-0.4, -0.2) is 18.6 Å². The van der Waals surface area contributed by atoms with E-state index in [0.717, 1.165) is 25.3 Å². The SMILES string of the molecule is Cc1cccc(N(C)Cc2csc(CNCC(C)C)n2)c1. The van der Waals surface area contributed by atoms with Gasteiger partial charge in [0.2, 0.25) is 0 Å². The highest BCUT2D eigenvalue weighted by atomic mass is 32.1. The van der Waals surface area contributed by atoms with E-state index >= 15 is 0 Å². The fourth-order valence-electron chi connectivity index (χ4n) is 2.17. The number of nitrogens with one attached hydrogen (secondary N) is 1. The quantitative estimate of drug-likeness (QED) is 0.842. The van der Waals surface area contributed by atoms with Gasteiger partial charge in [-0.1, -0.05) is 26.0 Å². The topological polar surface area (TPSA) is 28.2 Å². The number of hydrogen-bond donors (Lipinski definition) is 1. The number of thiazole rings is 1. The maximum Gasteiger partial charge on any atom is 0.107 e. The van der Waals surface area contributed by atoms with Gasteiger partial charge in [0.15, 0.2) is 0 Å². The summed E-state index contributed by atoms with van der Waals surface area (Å²) >= 11 is 1.74. The molecule has 114 valence electrons. The molecule has 1 aromatic heterocycles. The van der Waals surface area contributed by atoms with Gasteiger partial charge in [0.05, 0.1) is 12.2 Å². The van der Waals surface area contributed by atoms with Crippen LogP contribution in [0.25, 0.3) is 0 Å². The van der Waals surface area contributed by atoms with Crippen LogP contribution in [-0.2, 0) is 13.1 Å². The monoisotopic (exact) mass is 303 g/mol. The molecule has 1 aromatic carbocycles. The summed E-state index contributed by atoms with van der Waals surface area (Å²) in [5.74, 6) is 0.678. The standard InChI is InChI=1S/C17H25N3S/c1-13(2)9-18-10-17-19-15(12-21-17)11-20(4)16-7-5-6-14(3)8-16/h5-8,12-13,18H,9-11H2,1-4H3. The van der Waals surface area contributed by atoms with Crippen molar-refractivity contribution >= 4 is 17.0 Å². The maximum absolute atomic E-state index is 4.71. The summed E-state index contributed by atoms with van der Waals surface area (Å²) in [7, 11) is 2.12. The molecule has 1 N–H and O–H groups in total. The van der Waals surface area contributed by atoms with E-state index in [1.54, 1.807) is 11.3 Å². The number of aryl methyl sites for hydroxylation is 1. The summed E-state index contributed by atoms with van der Waals surface area (Å²) < 4.78 is 0. The zero-order chi connectivity index (χ0) is 15.2. The summed E-state index contributed by atoms with van der Waals surface area (Å²) in [5.41, 5.74) is 3.67. The average Bonchev–Trinajstić information content (AvgIpc) is 2.86. The third kappa shape index (κ3) is 5.14. The van der Waals surface area contributed by atoms with Crippen LogP contribution in [0.2, 0.25) is 0 Å². The Morgan fingerprint density at radius 3 is 2.86 bits per heavy atom. The molecule has 2 aromatic rings. The Morgan fingerprint density at radius 2 is 2.14 bits per heavy atom. The Morgan fingerprint density at radius 1 is 1.33 bits per heavy atom. The van der Waals surface area contributed by atoms with E-state index in [1.807, 2.05) is 0 Å². The molecule has 0 aliphatic rings. The molecule has 0 unspecified atom stereocenters. The van der Waals surface area contributed by atoms with Crippen LogP contribution in [0, 0.1) is 12.8 Å². The maximum atomic E-state index is 4.71. The third-order valence-electron chi connectivity index (χ3n) is 3.27. The van der Waals surface area contributed by atoms with E-state index in [4.69, 9.17) is 4.98 Å². The van der Waals surface area contributed by atoms with Crippen molar-refractivity contribution in [2.75, 3.05) is 18.5 Å². The van der Waals surface area contributed by atoms with E-state index in [-0.39, 0.29) is 0 Å². The van der Waals surface area contributed by atoms with Gasteiger partial charge < -0.3 is 10.2 Å². The largest absolute Gasteiger partial charge is 0.369 e. The van der Waals surface area contributed by atoms with Crippen molar-refractivity contribution in [2.45, 2.75) is 33.9 Å². The number of anilines is 1. The van der Waals surface area contributed by atoms with E-state index in [9.17, 15) is 0 Å². The molecule has 0 radical (unpaired) electrons. The molecule has 4 heteroatoms. The number of benzene rings is 1. The van der Waals surface area contributed by atoms with Gasteiger partial charge in [0.1, 0.15) is 5.01 Å². The normalized spacial score (nSPS) is 11.1. The summed E-state index contributed by atoms with van der Waals surface area (Å²) in [6.07, 6.45) is 0. The lowest BCUT2D eigenvalue weighted by atomic mass is 10.2. The van der Waals surface area contributed by atoms with Crippen LogP contribution in [0.15, 0.2) is 29.6 Å². The zero-order valence-electron chi connectivity index (χ0n) is 13.4. The van der Waals surface area contributed by atoms with Crippen LogP contribution < -0.4 is 10.2 Å². The van der Waals surface area contributed by atoms with Crippen molar-refractivity contribution in [3.8, 4) is 0 Å². The predicted molar refractivity (Wildman–Crippen MR) is 91.9 cm³/mol. The number of nitrogens with zero attached hydrogens (tertiary/aromatic N) is 2. The van der Waals surface area contributed by atoms with Crippen LogP contribution in [0.3, 0.4) is 0 Å². The van der Waals surface area contributed by atoms with Crippen molar-refractivity contribution < 1.29 is 0 Å². The van der Waals surface area contributed by atoms with E-state index < -0.39 is 0 Å². The highest BCUT2D eigenvalue weighted by molar-refractivity contribution is 7.09. The molecule has 21 heavy (non-hydrogen) atoms. The molecule has 0 aliphatic heterocycles. The molecule has 0 atom stereocenters. The zero-order valence-corrected chi connectivity index (χ0v) is 14.2. The first kappa shape index (κ1) is 16.0. The highest BCUT2D eigenvalue weighted by Crippen LogP contribution is 2.18. The number of hydrogen-bond acceptors (Lipinski definition) is 4. The number of aromatic nitrogens is 1. The Kier molecular flexibility index (Phi) is 5.76. The second-order valence-electron chi connectivity index (χ2n) is 5.95. The number of rotatable bonds is 7. The minimum atomic E-state index is 0.678. The molecule has 0 fully saturated rings. The van der Waals surface area contributed by atoms with E-state index in [2.05, 4.69) is 67.7 Å². The molecule has 1 heterocycles. The molecular formula is C17H25N3S. The second-order valence-corrected chi connectivity index (χ2v) is 6.90. The van der Waals surface area contributed by atoms with Gasteiger partial charge in [-0.3, -0.25) is 0 Å². The summed E-state index contributed by atoms with van der Waals surface area (Å²) in [4.78, 5) is 6.95. The Balaban J connectivity index is 1.90. The lowest BCUT2D eigenvalue weighted by molar-refractivity contribution is 0.551. The van der Waals surface area contributed by atoms with Crippen LogP contribution >= 0.6 is 11.3 Å². The minimum Gasteiger partial charge on any atom is -0.369 e. The van der Waals surface area contributed by atoms with Gasteiger partial charge in [0, 0.05) is 24.7 Å². The van der Waals surface area contributed by atoms with Crippen molar-refractivity contribution in [3.63, 3.8) is 0 Å². The smallest absolute Gasteiger partial charge is 0.107 e. The lowest BCUT2D eigenvalue weighted by Gasteiger charge is -2.18. The van der Waals surface area contributed by atoms with Crippen molar-refractivity contribution in [1.82, 2.24) is 10.3 Å². The van der Waals surface area contributed by atoms with E-state index in [0.29, 0.717) is 5.92 Å². The average molecular weight is 303 g/mol. The molecule has 0 bridgehead atoms. The molecule has 0 spiro atoms. The summed E-state index contributed by atoms with van der Waals surface area (Å²) in [5, 5.41) is 6.78. The fraction of sp³-hybridized carbons (Fsp3) is 0.471. The van der Waals surface area contributed by atoms with E-state index in [1.165, 1.54) is 16.3 Å².